The van der Waals surface area contributed by atoms with Crippen LogP contribution in [0.3, 0.4) is 0 Å². The van der Waals surface area contributed by atoms with Gasteiger partial charge in [-0.15, -0.1) is 13.2 Å². The minimum absolute atomic E-state index is 1.01. The number of hydrogen-bond donors (Lipinski definition) is 0. The first-order valence-corrected chi connectivity index (χ1v) is 6.67. The number of unbranched alkanes of at least 4 members (excludes halogenated alkanes) is 6. The van der Waals surface area contributed by atoms with Gasteiger partial charge in [-0.05, 0) is 39.0 Å². The summed E-state index contributed by atoms with van der Waals surface area (Å²) < 4.78 is 0. The summed E-state index contributed by atoms with van der Waals surface area (Å²) >= 11 is 0. The second kappa shape index (κ2) is 12.3. The van der Waals surface area contributed by atoms with Crippen LogP contribution in [0.2, 0.25) is 0 Å². The van der Waals surface area contributed by atoms with E-state index in [1.807, 2.05) is 6.08 Å². The smallest absolute Gasteiger partial charge is 0.0172 e. The topological polar surface area (TPSA) is 0 Å². The number of rotatable bonds is 11. The van der Waals surface area contributed by atoms with Crippen molar-refractivity contribution in [2.75, 3.05) is 0 Å². The van der Waals surface area contributed by atoms with E-state index in [2.05, 4.69) is 32.2 Å². The number of allylic oxidation sites excluding steroid dienone is 4. The molecule has 0 radical (unpaired) electrons. The van der Waals surface area contributed by atoms with Gasteiger partial charge in [0.15, 0.2) is 0 Å². The summed E-state index contributed by atoms with van der Waals surface area (Å²) in [7, 11) is 0. The van der Waals surface area contributed by atoms with E-state index in [1.54, 1.807) is 0 Å². The van der Waals surface area contributed by atoms with Crippen LogP contribution in [0.15, 0.2) is 37.0 Å². The predicted molar refractivity (Wildman–Crippen MR) is 75.7 cm³/mol. The van der Waals surface area contributed by atoms with Gasteiger partial charge in [-0.1, -0.05) is 49.5 Å². The molecule has 0 saturated heterocycles. The molecule has 0 unspecified atom stereocenters. The molecule has 0 aromatic rings. The lowest BCUT2D eigenvalue weighted by molar-refractivity contribution is 0.596. The molecular weight excluding hydrogens is 192 g/mol. The van der Waals surface area contributed by atoms with Gasteiger partial charge in [0.1, 0.15) is 0 Å². The average molecular weight is 220 g/mol. The third kappa shape index (κ3) is 13.2. The average Bonchev–Trinajstić information content (AvgIpc) is 2.25. The van der Waals surface area contributed by atoms with Crippen molar-refractivity contribution in [3.8, 4) is 0 Å². The Labute approximate surface area is 102 Å². The lowest BCUT2D eigenvalue weighted by atomic mass is 10.1. The molecule has 92 valence electrons. The van der Waals surface area contributed by atoms with Crippen molar-refractivity contribution in [2.24, 2.45) is 0 Å². The summed E-state index contributed by atoms with van der Waals surface area (Å²) in [5.74, 6) is 0. The molecule has 0 spiro atoms. The molecule has 0 amide bonds. The fraction of sp³-hybridized carbons (Fsp3) is 0.625. The zero-order chi connectivity index (χ0) is 12.1. The molecule has 16 heavy (non-hydrogen) atoms. The second-order valence-corrected chi connectivity index (χ2v) is 4.61. The molecule has 0 aliphatic carbocycles. The molecule has 0 aliphatic heterocycles. The molecular formula is C16H28. The Bertz CT molecular complexity index is 198. The van der Waals surface area contributed by atoms with Crippen LogP contribution in [-0.4, -0.2) is 0 Å². The van der Waals surface area contributed by atoms with Gasteiger partial charge in [-0.2, -0.15) is 0 Å². The fourth-order valence-corrected chi connectivity index (χ4v) is 1.71. The van der Waals surface area contributed by atoms with Crippen LogP contribution in [0.4, 0.5) is 0 Å². The summed E-state index contributed by atoms with van der Waals surface area (Å²) in [6, 6.07) is 0. The third-order valence-electron chi connectivity index (χ3n) is 2.69. The Hall–Kier alpha value is -0.780. The molecule has 0 atom stereocenters. The first-order valence-electron chi connectivity index (χ1n) is 6.67. The largest absolute Gasteiger partial charge is 0.103 e. The maximum Gasteiger partial charge on any atom is -0.0172 e. The molecule has 0 nitrogen and oxygen atoms in total. The third-order valence-corrected chi connectivity index (χ3v) is 2.69. The standard InChI is InChI=1S/C16H28/c1-4-5-6-7-8-9-10-11-12-13-14-15-16(2)3/h4,6-7H,1-2,5,8-15H2,3H3. The molecule has 0 rings (SSSR count). The molecule has 0 N–H and O–H groups in total. The highest BCUT2D eigenvalue weighted by Gasteiger charge is 1.91. The van der Waals surface area contributed by atoms with Crippen molar-refractivity contribution < 1.29 is 0 Å². The maximum atomic E-state index is 3.92. The highest BCUT2D eigenvalue weighted by atomic mass is 14.0. The summed E-state index contributed by atoms with van der Waals surface area (Å²) in [6.07, 6.45) is 18.1. The summed E-state index contributed by atoms with van der Waals surface area (Å²) in [4.78, 5) is 0. The van der Waals surface area contributed by atoms with E-state index in [4.69, 9.17) is 0 Å². The second-order valence-electron chi connectivity index (χ2n) is 4.61. The van der Waals surface area contributed by atoms with Crippen LogP contribution in [0.25, 0.3) is 0 Å². The number of hydrogen-bond acceptors (Lipinski definition) is 0. The van der Waals surface area contributed by atoms with E-state index in [-0.39, 0.29) is 0 Å². The molecule has 0 bridgehead atoms. The predicted octanol–water partition coefficient (Wildman–Crippen LogP) is 5.82. The van der Waals surface area contributed by atoms with Gasteiger partial charge in [0, 0.05) is 0 Å². The van der Waals surface area contributed by atoms with Gasteiger partial charge >= 0.3 is 0 Å². The Morgan fingerprint density at radius 3 is 2.19 bits per heavy atom. The van der Waals surface area contributed by atoms with Crippen LogP contribution in [-0.2, 0) is 0 Å². The summed E-state index contributed by atoms with van der Waals surface area (Å²) in [6.45, 7) is 9.74. The van der Waals surface area contributed by atoms with Gasteiger partial charge in [-0.3, -0.25) is 0 Å². The van der Waals surface area contributed by atoms with Gasteiger partial charge in [-0.25, -0.2) is 0 Å². The van der Waals surface area contributed by atoms with Crippen LogP contribution >= 0.6 is 0 Å². The van der Waals surface area contributed by atoms with Crippen molar-refractivity contribution in [3.63, 3.8) is 0 Å². The fourth-order valence-electron chi connectivity index (χ4n) is 1.71. The summed E-state index contributed by atoms with van der Waals surface area (Å²) in [5.41, 5.74) is 1.33. The monoisotopic (exact) mass is 220 g/mol. The quantitative estimate of drug-likeness (QED) is 0.304. The van der Waals surface area contributed by atoms with Crippen molar-refractivity contribution in [2.45, 2.75) is 64.7 Å². The van der Waals surface area contributed by atoms with Gasteiger partial charge < -0.3 is 0 Å². The molecule has 0 saturated carbocycles. The van der Waals surface area contributed by atoms with Gasteiger partial charge in [0.05, 0.1) is 0 Å². The Kier molecular flexibility index (Phi) is 11.7. The Balaban J connectivity index is 3.04. The van der Waals surface area contributed by atoms with Crippen LogP contribution in [0.1, 0.15) is 64.7 Å². The van der Waals surface area contributed by atoms with Gasteiger partial charge in [0.2, 0.25) is 0 Å². The van der Waals surface area contributed by atoms with Crippen molar-refractivity contribution in [1.29, 1.82) is 0 Å². The Morgan fingerprint density at radius 1 is 0.938 bits per heavy atom. The van der Waals surface area contributed by atoms with Crippen molar-refractivity contribution in [1.82, 2.24) is 0 Å². The molecule has 0 aromatic heterocycles. The van der Waals surface area contributed by atoms with E-state index in [1.165, 1.54) is 56.9 Å². The highest BCUT2D eigenvalue weighted by Crippen LogP contribution is 2.11. The van der Waals surface area contributed by atoms with Crippen molar-refractivity contribution >= 4 is 0 Å². The zero-order valence-corrected chi connectivity index (χ0v) is 11.0. The van der Waals surface area contributed by atoms with Crippen LogP contribution in [0.5, 0.6) is 0 Å². The van der Waals surface area contributed by atoms with E-state index in [9.17, 15) is 0 Å². The minimum atomic E-state index is 1.01. The normalized spacial score (nSPS) is 10.8. The Morgan fingerprint density at radius 2 is 1.56 bits per heavy atom. The molecule has 0 heterocycles. The molecule has 0 aliphatic rings. The van der Waals surface area contributed by atoms with Crippen LogP contribution in [0, 0.1) is 0 Å². The molecule has 0 fully saturated rings. The first kappa shape index (κ1) is 15.2. The zero-order valence-electron chi connectivity index (χ0n) is 11.0. The summed E-state index contributed by atoms with van der Waals surface area (Å²) in [5, 5.41) is 0. The SMILES string of the molecule is C=CCC=CCCCCCCCCC(=C)C. The molecule has 0 heteroatoms. The van der Waals surface area contributed by atoms with E-state index in [0.717, 1.165) is 6.42 Å². The van der Waals surface area contributed by atoms with E-state index in [0.29, 0.717) is 0 Å². The maximum absolute atomic E-state index is 3.92. The minimum Gasteiger partial charge on any atom is -0.103 e. The highest BCUT2D eigenvalue weighted by molar-refractivity contribution is 4.88. The van der Waals surface area contributed by atoms with E-state index < -0.39 is 0 Å². The van der Waals surface area contributed by atoms with E-state index >= 15 is 0 Å². The van der Waals surface area contributed by atoms with Crippen molar-refractivity contribution in [3.05, 3.63) is 37.0 Å². The first-order chi connectivity index (χ1) is 7.77. The van der Waals surface area contributed by atoms with Gasteiger partial charge in [0.25, 0.3) is 0 Å². The van der Waals surface area contributed by atoms with Crippen LogP contribution < -0.4 is 0 Å². The molecule has 0 aromatic carbocycles. The lowest BCUT2D eigenvalue weighted by Crippen LogP contribution is -1.81. The lowest BCUT2D eigenvalue weighted by Gasteiger charge is -2.00.